The van der Waals surface area contributed by atoms with E-state index in [-0.39, 0.29) is 25.3 Å². The van der Waals surface area contributed by atoms with E-state index in [4.69, 9.17) is 4.74 Å². The maximum atomic E-state index is 15.1. The van der Waals surface area contributed by atoms with Crippen molar-refractivity contribution < 1.29 is 18.7 Å². The molecule has 0 fully saturated rings. The Kier molecular flexibility index (Phi) is 8.02. The molecule has 0 saturated carbocycles. The van der Waals surface area contributed by atoms with Crippen molar-refractivity contribution in [3.63, 3.8) is 0 Å². The molecule has 2 amide bonds. The molecule has 0 bridgehead atoms. The lowest BCUT2D eigenvalue weighted by Crippen LogP contribution is -2.46. The van der Waals surface area contributed by atoms with Gasteiger partial charge < -0.3 is 10.1 Å². The quantitative estimate of drug-likeness (QED) is 0.344. The summed E-state index contributed by atoms with van der Waals surface area (Å²) in [6.45, 7) is 2.27. The number of aryl methyl sites for hydroxylation is 1. The third kappa shape index (κ3) is 5.26. The number of amides is 2. The van der Waals surface area contributed by atoms with E-state index in [0.29, 0.717) is 23.1 Å². The van der Waals surface area contributed by atoms with Gasteiger partial charge in [-0.25, -0.2) is 9.07 Å². The zero-order valence-corrected chi connectivity index (χ0v) is 20.2. The minimum absolute atomic E-state index is 0.0927. The highest BCUT2D eigenvalue weighted by atomic mass is 19.1. The van der Waals surface area contributed by atoms with Gasteiger partial charge in [0.2, 0.25) is 11.8 Å². The number of anilines is 1. The topological polar surface area (TPSA) is 89.4 Å². The van der Waals surface area contributed by atoms with E-state index < -0.39 is 23.7 Å². The van der Waals surface area contributed by atoms with E-state index in [1.807, 2.05) is 37.3 Å². The van der Waals surface area contributed by atoms with E-state index in [9.17, 15) is 9.59 Å². The molecular formula is C27H28FN5O3. The molecule has 186 valence electrons. The van der Waals surface area contributed by atoms with Gasteiger partial charge in [-0.15, -0.1) is 5.10 Å². The number of fused-ring (bicyclic) bond motifs is 1. The average molecular weight is 490 g/mol. The maximum Gasteiger partial charge on any atom is 0.249 e. The highest BCUT2D eigenvalue weighted by Gasteiger charge is 2.35. The number of rotatable bonds is 10. The Morgan fingerprint density at radius 1 is 1.06 bits per heavy atom. The highest BCUT2D eigenvalue weighted by molar-refractivity contribution is 6.02. The van der Waals surface area contributed by atoms with Gasteiger partial charge in [-0.1, -0.05) is 60.7 Å². The number of carbonyl (C=O) groups excluding carboxylic acids is 2. The molecule has 0 saturated heterocycles. The van der Waals surface area contributed by atoms with Crippen molar-refractivity contribution in [1.29, 1.82) is 0 Å². The fraction of sp³-hybridized carbons (Fsp3) is 0.259. The number of benzene rings is 3. The summed E-state index contributed by atoms with van der Waals surface area (Å²) in [5.41, 5.74) is 2.80. The molecule has 36 heavy (non-hydrogen) atoms. The first-order chi connectivity index (χ1) is 17.5. The predicted octanol–water partition coefficient (Wildman–Crippen LogP) is 3.67. The number of hydrogen-bond acceptors (Lipinski definition) is 5. The van der Waals surface area contributed by atoms with E-state index in [0.717, 1.165) is 5.56 Å². The number of halogens is 1. The van der Waals surface area contributed by atoms with Gasteiger partial charge in [-0.3, -0.25) is 14.5 Å². The maximum absolute atomic E-state index is 15.1. The molecule has 8 nitrogen and oxygen atoms in total. The molecular weight excluding hydrogens is 461 g/mol. The van der Waals surface area contributed by atoms with Crippen molar-refractivity contribution in [1.82, 2.24) is 20.3 Å². The van der Waals surface area contributed by atoms with Crippen LogP contribution in [0.2, 0.25) is 0 Å². The number of para-hydroxylation sites is 2. The van der Waals surface area contributed by atoms with Crippen molar-refractivity contribution >= 4 is 28.5 Å². The lowest BCUT2D eigenvalue weighted by atomic mass is 10.00. The van der Waals surface area contributed by atoms with Crippen molar-refractivity contribution in [2.45, 2.75) is 25.9 Å². The molecule has 9 heteroatoms. The Bertz CT molecular complexity index is 1360. The molecule has 1 unspecified atom stereocenters. The summed E-state index contributed by atoms with van der Waals surface area (Å²) in [6, 6.07) is 19.4. The second-order valence-electron chi connectivity index (χ2n) is 8.19. The molecule has 0 aliphatic heterocycles. The monoisotopic (exact) mass is 489 g/mol. The van der Waals surface area contributed by atoms with Gasteiger partial charge >= 0.3 is 0 Å². The SMILES string of the molecule is CCc1ccccc1N(C(=O)Cn1nnc2ccccc21)C(C(=O)NCCOC)c1ccccc1F. The van der Waals surface area contributed by atoms with Crippen LogP contribution in [0, 0.1) is 5.82 Å². The Morgan fingerprint density at radius 2 is 1.78 bits per heavy atom. The molecule has 0 radical (unpaired) electrons. The fourth-order valence-corrected chi connectivity index (χ4v) is 4.17. The molecule has 1 atom stereocenters. The summed E-state index contributed by atoms with van der Waals surface area (Å²) >= 11 is 0. The second-order valence-corrected chi connectivity index (χ2v) is 8.19. The van der Waals surface area contributed by atoms with Crippen molar-refractivity contribution in [2.24, 2.45) is 0 Å². The Morgan fingerprint density at radius 3 is 2.56 bits per heavy atom. The van der Waals surface area contributed by atoms with Crippen LogP contribution < -0.4 is 10.2 Å². The third-order valence-electron chi connectivity index (χ3n) is 5.92. The molecule has 0 spiro atoms. The van der Waals surface area contributed by atoms with Crippen molar-refractivity contribution in [2.75, 3.05) is 25.2 Å². The lowest BCUT2D eigenvalue weighted by Gasteiger charge is -2.33. The molecule has 0 aliphatic rings. The van der Waals surface area contributed by atoms with Crippen LogP contribution in [-0.2, 0) is 27.3 Å². The number of carbonyl (C=O) groups is 2. The normalized spacial score (nSPS) is 11.9. The standard InChI is InChI=1S/C27H28FN5O3/c1-3-19-10-4-8-14-23(19)33(25(34)18-32-24-15-9-7-13-22(24)30-31-32)26(27(35)29-16-17-36-2)20-11-5-6-12-21(20)28/h4-15,26H,3,16-18H2,1-2H3,(H,29,35). The van der Waals surface area contributed by atoms with Crippen molar-refractivity contribution in [3.8, 4) is 0 Å². The zero-order chi connectivity index (χ0) is 25.5. The second kappa shape index (κ2) is 11.5. The van der Waals surface area contributed by atoms with Gasteiger partial charge in [0.05, 0.1) is 12.1 Å². The van der Waals surface area contributed by atoms with Crippen molar-refractivity contribution in [3.05, 3.63) is 89.7 Å². The number of nitrogens with zero attached hydrogens (tertiary/aromatic N) is 4. The van der Waals surface area contributed by atoms with Crippen LogP contribution in [0.3, 0.4) is 0 Å². The first kappa shape index (κ1) is 25.0. The number of nitrogens with one attached hydrogen (secondary N) is 1. The Balaban J connectivity index is 1.83. The van der Waals surface area contributed by atoms with Crippen LogP contribution >= 0.6 is 0 Å². The van der Waals surface area contributed by atoms with Gasteiger partial charge in [0.1, 0.15) is 23.9 Å². The minimum atomic E-state index is -1.25. The van der Waals surface area contributed by atoms with E-state index >= 15 is 4.39 Å². The van der Waals surface area contributed by atoms with Crippen LogP contribution in [0.15, 0.2) is 72.8 Å². The van der Waals surface area contributed by atoms with Gasteiger partial charge in [-0.05, 0) is 36.2 Å². The Hall–Kier alpha value is -4.11. The average Bonchev–Trinajstić information content (AvgIpc) is 3.30. The molecule has 1 heterocycles. The van der Waals surface area contributed by atoms with E-state index in [1.165, 1.54) is 28.8 Å². The summed E-state index contributed by atoms with van der Waals surface area (Å²) < 4.78 is 21.7. The lowest BCUT2D eigenvalue weighted by molar-refractivity contribution is -0.127. The summed E-state index contributed by atoms with van der Waals surface area (Å²) in [4.78, 5) is 28.9. The summed E-state index contributed by atoms with van der Waals surface area (Å²) in [5.74, 6) is -1.52. The summed E-state index contributed by atoms with van der Waals surface area (Å²) in [6.07, 6.45) is 0.613. The third-order valence-corrected chi connectivity index (χ3v) is 5.92. The largest absolute Gasteiger partial charge is 0.383 e. The first-order valence-corrected chi connectivity index (χ1v) is 11.7. The van der Waals surface area contributed by atoms with E-state index in [2.05, 4.69) is 15.6 Å². The van der Waals surface area contributed by atoms with Crippen LogP contribution in [0.5, 0.6) is 0 Å². The number of hydrogen-bond donors (Lipinski definition) is 1. The molecule has 0 aliphatic carbocycles. The minimum Gasteiger partial charge on any atom is -0.383 e. The van der Waals surface area contributed by atoms with Crippen LogP contribution in [0.25, 0.3) is 11.0 Å². The summed E-state index contributed by atoms with van der Waals surface area (Å²) in [5, 5.41) is 11.0. The predicted molar refractivity (Wildman–Crippen MR) is 135 cm³/mol. The summed E-state index contributed by atoms with van der Waals surface area (Å²) in [7, 11) is 1.52. The fourth-order valence-electron chi connectivity index (χ4n) is 4.17. The van der Waals surface area contributed by atoms with Crippen LogP contribution in [-0.4, -0.2) is 47.1 Å². The molecule has 4 rings (SSSR count). The zero-order valence-electron chi connectivity index (χ0n) is 20.2. The van der Waals surface area contributed by atoms with Gasteiger partial charge in [0, 0.05) is 24.9 Å². The number of aromatic nitrogens is 3. The van der Waals surface area contributed by atoms with Gasteiger partial charge in [0.25, 0.3) is 0 Å². The smallest absolute Gasteiger partial charge is 0.249 e. The van der Waals surface area contributed by atoms with Gasteiger partial charge in [0.15, 0.2) is 0 Å². The first-order valence-electron chi connectivity index (χ1n) is 11.7. The number of methoxy groups -OCH3 is 1. The van der Waals surface area contributed by atoms with Crippen LogP contribution in [0.1, 0.15) is 24.1 Å². The molecule has 1 aromatic heterocycles. The molecule has 3 aromatic carbocycles. The van der Waals surface area contributed by atoms with Gasteiger partial charge in [-0.2, -0.15) is 0 Å². The highest BCUT2D eigenvalue weighted by Crippen LogP contribution is 2.32. The van der Waals surface area contributed by atoms with Crippen LogP contribution in [0.4, 0.5) is 10.1 Å². The number of ether oxygens (including phenoxy) is 1. The molecule has 1 N–H and O–H groups in total. The van der Waals surface area contributed by atoms with E-state index in [1.54, 1.807) is 30.3 Å². The molecule has 4 aromatic rings. The Labute approximate surface area is 208 Å².